The van der Waals surface area contributed by atoms with E-state index in [0.29, 0.717) is 17.7 Å². The maximum atomic E-state index is 12.2. The fourth-order valence-electron chi connectivity index (χ4n) is 2.61. The predicted molar refractivity (Wildman–Crippen MR) is 109 cm³/mol. The highest BCUT2D eigenvalue weighted by Crippen LogP contribution is 2.22. The van der Waals surface area contributed by atoms with E-state index in [0.717, 1.165) is 15.2 Å². The third kappa shape index (κ3) is 5.01. The lowest BCUT2D eigenvalue weighted by Gasteiger charge is -2.13. The maximum Gasteiger partial charge on any atom is 0.306 e. The topological polar surface area (TPSA) is 85.4 Å². The quantitative estimate of drug-likeness (QED) is 0.482. The Balaban J connectivity index is 1.51. The Hall–Kier alpha value is -3.06. The highest BCUT2D eigenvalue weighted by molar-refractivity contribution is 7.18. The molecular formula is C21H20N2O4S. The van der Waals surface area contributed by atoms with E-state index in [4.69, 9.17) is 4.74 Å². The molecule has 0 aliphatic carbocycles. The number of fused-ring (bicyclic) bond motifs is 1. The first-order valence-electron chi connectivity index (χ1n) is 8.88. The van der Waals surface area contributed by atoms with Gasteiger partial charge < -0.3 is 10.1 Å². The van der Waals surface area contributed by atoms with Crippen LogP contribution in [0.15, 0.2) is 48.5 Å². The van der Waals surface area contributed by atoms with Gasteiger partial charge in [0, 0.05) is 17.7 Å². The predicted octanol–water partition coefficient (Wildman–Crippen LogP) is 4.00. The minimum absolute atomic E-state index is 0.0922. The standard InChI is InChI=1S/C21H20N2O4S/c1-13(24)15-6-5-7-16(12-15)22-21(26)14(2)27-20(25)11-10-19-23-17-8-3-4-9-18(17)28-19/h3-9,12,14H,10-11H2,1-2H3,(H,22,26)/t14-/m1/s1. The summed E-state index contributed by atoms with van der Waals surface area (Å²) in [7, 11) is 0. The number of ether oxygens (including phenoxy) is 1. The lowest BCUT2D eigenvalue weighted by molar-refractivity contribution is -0.153. The van der Waals surface area contributed by atoms with Crippen molar-refractivity contribution in [2.24, 2.45) is 0 Å². The first-order valence-corrected chi connectivity index (χ1v) is 9.70. The first kappa shape index (κ1) is 19.7. The molecule has 28 heavy (non-hydrogen) atoms. The van der Waals surface area contributed by atoms with E-state index in [9.17, 15) is 14.4 Å². The van der Waals surface area contributed by atoms with Gasteiger partial charge in [-0.05, 0) is 38.1 Å². The number of para-hydroxylation sites is 1. The molecule has 0 saturated heterocycles. The van der Waals surface area contributed by atoms with E-state index >= 15 is 0 Å². The Kier molecular flexibility index (Phi) is 6.16. The van der Waals surface area contributed by atoms with Crippen LogP contribution < -0.4 is 5.32 Å². The third-order valence-electron chi connectivity index (χ3n) is 4.10. The van der Waals surface area contributed by atoms with Gasteiger partial charge in [0.1, 0.15) is 0 Å². The number of carbonyl (C=O) groups is 3. The normalized spacial score (nSPS) is 11.8. The van der Waals surface area contributed by atoms with E-state index in [-0.39, 0.29) is 12.2 Å². The second-order valence-electron chi connectivity index (χ2n) is 6.33. The summed E-state index contributed by atoms with van der Waals surface area (Å²) in [5, 5.41) is 3.51. The fourth-order valence-corrected chi connectivity index (χ4v) is 3.57. The Morgan fingerprint density at radius 1 is 1.14 bits per heavy atom. The Morgan fingerprint density at radius 2 is 1.93 bits per heavy atom. The van der Waals surface area contributed by atoms with Crippen LogP contribution in [-0.2, 0) is 20.7 Å². The average molecular weight is 396 g/mol. The Labute approximate surface area is 166 Å². The van der Waals surface area contributed by atoms with Crippen molar-refractivity contribution >= 4 is 44.9 Å². The van der Waals surface area contributed by atoms with Gasteiger partial charge in [-0.3, -0.25) is 14.4 Å². The lowest BCUT2D eigenvalue weighted by atomic mass is 10.1. The summed E-state index contributed by atoms with van der Waals surface area (Å²) >= 11 is 1.54. The van der Waals surface area contributed by atoms with Crippen molar-refractivity contribution in [2.45, 2.75) is 32.8 Å². The van der Waals surface area contributed by atoms with Gasteiger partial charge in [0.05, 0.1) is 21.6 Å². The summed E-state index contributed by atoms with van der Waals surface area (Å²) in [6, 6.07) is 14.4. The van der Waals surface area contributed by atoms with Crippen molar-refractivity contribution in [1.82, 2.24) is 4.98 Å². The van der Waals surface area contributed by atoms with E-state index in [1.807, 2.05) is 24.3 Å². The second kappa shape index (κ2) is 8.75. The number of benzene rings is 2. The van der Waals surface area contributed by atoms with Crippen LogP contribution in [0.4, 0.5) is 5.69 Å². The summed E-state index contributed by atoms with van der Waals surface area (Å²) in [5.74, 6) is -1.00. The number of hydrogen-bond donors (Lipinski definition) is 1. The minimum Gasteiger partial charge on any atom is -0.453 e. The zero-order valence-corrected chi connectivity index (χ0v) is 16.4. The second-order valence-corrected chi connectivity index (χ2v) is 7.45. The SMILES string of the molecule is CC(=O)c1cccc(NC(=O)[C@@H](C)OC(=O)CCc2nc3ccccc3s2)c1. The zero-order chi connectivity index (χ0) is 20.1. The number of Topliss-reactive ketones (excluding diaryl/α,β-unsaturated/α-hetero) is 1. The molecule has 0 aliphatic heterocycles. The Bertz CT molecular complexity index is 995. The lowest BCUT2D eigenvalue weighted by Crippen LogP contribution is -2.30. The molecule has 0 saturated carbocycles. The minimum atomic E-state index is -0.941. The van der Waals surface area contributed by atoms with E-state index in [2.05, 4.69) is 10.3 Å². The summed E-state index contributed by atoms with van der Waals surface area (Å²) in [4.78, 5) is 40.2. The molecule has 1 N–H and O–H groups in total. The van der Waals surface area contributed by atoms with E-state index in [1.54, 1.807) is 35.6 Å². The number of ketones is 1. The molecule has 2 aromatic carbocycles. The molecule has 3 rings (SSSR count). The highest BCUT2D eigenvalue weighted by Gasteiger charge is 2.18. The van der Waals surface area contributed by atoms with E-state index in [1.165, 1.54) is 13.8 Å². The van der Waals surface area contributed by atoms with Crippen LogP contribution in [0.3, 0.4) is 0 Å². The number of carbonyl (C=O) groups excluding carboxylic acids is 3. The maximum absolute atomic E-state index is 12.2. The highest BCUT2D eigenvalue weighted by atomic mass is 32.1. The van der Waals surface area contributed by atoms with Gasteiger partial charge in [-0.15, -0.1) is 11.3 Å². The van der Waals surface area contributed by atoms with Gasteiger partial charge in [-0.1, -0.05) is 24.3 Å². The van der Waals surface area contributed by atoms with Crippen LogP contribution in [0.2, 0.25) is 0 Å². The van der Waals surface area contributed by atoms with Crippen molar-refractivity contribution in [3.63, 3.8) is 0 Å². The number of aromatic nitrogens is 1. The number of amides is 1. The molecule has 1 aromatic heterocycles. The summed E-state index contributed by atoms with van der Waals surface area (Å²) in [6.07, 6.45) is -0.325. The largest absolute Gasteiger partial charge is 0.453 e. The van der Waals surface area contributed by atoms with Crippen LogP contribution >= 0.6 is 11.3 Å². The van der Waals surface area contributed by atoms with E-state index < -0.39 is 18.0 Å². The number of thiazole rings is 1. The molecule has 1 atom stereocenters. The molecule has 0 fully saturated rings. The number of anilines is 1. The Morgan fingerprint density at radius 3 is 2.68 bits per heavy atom. The monoisotopic (exact) mass is 396 g/mol. The number of aryl methyl sites for hydroxylation is 1. The zero-order valence-electron chi connectivity index (χ0n) is 15.6. The number of nitrogens with zero attached hydrogens (tertiary/aromatic N) is 1. The molecule has 144 valence electrons. The molecule has 1 amide bonds. The fraction of sp³-hybridized carbons (Fsp3) is 0.238. The van der Waals surface area contributed by atoms with Crippen molar-refractivity contribution in [1.29, 1.82) is 0 Å². The summed E-state index contributed by atoms with van der Waals surface area (Å²) in [6.45, 7) is 2.97. The van der Waals surface area contributed by atoms with Gasteiger partial charge in [0.15, 0.2) is 11.9 Å². The summed E-state index contributed by atoms with van der Waals surface area (Å²) < 4.78 is 6.29. The first-order chi connectivity index (χ1) is 13.4. The molecule has 0 bridgehead atoms. The van der Waals surface area contributed by atoms with Crippen LogP contribution in [0.1, 0.15) is 35.6 Å². The van der Waals surface area contributed by atoms with Crippen LogP contribution in [0.25, 0.3) is 10.2 Å². The van der Waals surface area contributed by atoms with Crippen molar-refractivity contribution < 1.29 is 19.1 Å². The smallest absolute Gasteiger partial charge is 0.306 e. The molecule has 0 aliphatic rings. The summed E-state index contributed by atoms with van der Waals surface area (Å²) in [5.41, 5.74) is 1.89. The number of rotatable bonds is 7. The molecule has 1 heterocycles. The molecule has 6 nitrogen and oxygen atoms in total. The van der Waals surface area contributed by atoms with Crippen molar-refractivity contribution in [3.05, 3.63) is 59.1 Å². The van der Waals surface area contributed by atoms with Crippen LogP contribution in [-0.4, -0.2) is 28.7 Å². The van der Waals surface area contributed by atoms with Gasteiger partial charge in [-0.25, -0.2) is 4.98 Å². The number of hydrogen-bond acceptors (Lipinski definition) is 6. The number of esters is 1. The molecular weight excluding hydrogens is 376 g/mol. The van der Waals surface area contributed by atoms with Gasteiger partial charge in [0.25, 0.3) is 5.91 Å². The van der Waals surface area contributed by atoms with Gasteiger partial charge in [0.2, 0.25) is 0 Å². The van der Waals surface area contributed by atoms with Crippen LogP contribution in [0.5, 0.6) is 0 Å². The molecule has 0 spiro atoms. The van der Waals surface area contributed by atoms with Crippen molar-refractivity contribution in [2.75, 3.05) is 5.32 Å². The average Bonchev–Trinajstić information content (AvgIpc) is 3.09. The molecule has 0 radical (unpaired) electrons. The van der Waals surface area contributed by atoms with Crippen molar-refractivity contribution in [3.8, 4) is 0 Å². The van der Waals surface area contributed by atoms with Gasteiger partial charge >= 0.3 is 5.97 Å². The molecule has 7 heteroatoms. The molecule has 0 unspecified atom stereocenters. The number of nitrogens with one attached hydrogen (secondary N) is 1. The molecule has 3 aromatic rings. The third-order valence-corrected chi connectivity index (χ3v) is 5.19. The van der Waals surface area contributed by atoms with Crippen LogP contribution in [0, 0.1) is 0 Å². The van der Waals surface area contributed by atoms with Gasteiger partial charge in [-0.2, -0.15) is 0 Å².